The van der Waals surface area contributed by atoms with Gasteiger partial charge in [-0.25, -0.2) is 12.7 Å². The summed E-state index contributed by atoms with van der Waals surface area (Å²) in [5.41, 5.74) is 1.73. The van der Waals surface area contributed by atoms with Crippen molar-refractivity contribution in [1.82, 2.24) is 4.31 Å². The molecule has 0 radical (unpaired) electrons. The van der Waals surface area contributed by atoms with Gasteiger partial charge >= 0.3 is 0 Å². The summed E-state index contributed by atoms with van der Waals surface area (Å²) < 4.78 is 26.1. The van der Waals surface area contributed by atoms with Crippen LogP contribution in [0.5, 0.6) is 0 Å². The fraction of sp³-hybridized carbons (Fsp3) is 0.571. The summed E-state index contributed by atoms with van der Waals surface area (Å²) in [6, 6.07) is 7.45. The van der Waals surface area contributed by atoms with Gasteiger partial charge in [-0.15, -0.1) is 11.6 Å². The van der Waals surface area contributed by atoms with Gasteiger partial charge in [0.25, 0.3) is 0 Å². The van der Waals surface area contributed by atoms with Crippen molar-refractivity contribution in [2.24, 2.45) is 0 Å². The molecule has 0 saturated heterocycles. The molecule has 3 nitrogen and oxygen atoms in total. The summed E-state index contributed by atoms with van der Waals surface area (Å²) in [5.74, 6) is 0.429. The molecule has 0 fully saturated rings. The zero-order chi connectivity index (χ0) is 14.5. The molecule has 0 aliphatic heterocycles. The van der Waals surface area contributed by atoms with Crippen molar-refractivity contribution < 1.29 is 8.42 Å². The van der Waals surface area contributed by atoms with Gasteiger partial charge in [0.05, 0.1) is 5.75 Å². The van der Waals surface area contributed by atoms with Gasteiger partial charge in [0.15, 0.2) is 0 Å². The highest BCUT2D eigenvalue weighted by atomic mass is 35.5. The van der Waals surface area contributed by atoms with Gasteiger partial charge in [-0.1, -0.05) is 37.6 Å². The zero-order valence-electron chi connectivity index (χ0n) is 11.8. The van der Waals surface area contributed by atoms with Crippen LogP contribution in [0.3, 0.4) is 0 Å². The van der Waals surface area contributed by atoms with Crippen LogP contribution in [0.2, 0.25) is 0 Å². The third kappa shape index (κ3) is 4.79. The van der Waals surface area contributed by atoms with Crippen LogP contribution in [-0.4, -0.2) is 25.8 Å². The highest BCUT2D eigenvalue weighted by Gasteiger charge is 2.22. The van der Waals surface area contributed by atoms with Crippen LogP contribution in [0.4, 0.5) is 0 Å². The van der Waals surface area contributed by atoms with E-state index < -0.39 is 10.0 Å². The summed E-state index contributed by atoms with van der Waals surface area (Å²) in [5, 5.41) is 0. The summed E-state index contributed by atoms with van der Waals surface area (Å²) in [4.78, 5) is 0. The molecule has 19 heavy (non-hydrogen) atoms. The highest BCUT2D eigenvalue weighted by Crippen LogP contribution is 2.16. The quantitative estimate of drug-likeness (QED) is 0.724. The van der Waals surface area contributed by atoms with E-state index >= 15 is 0 Å². The van der Waals surface area contributed by atoms with Gasteiger partial charge in [-0.05, 0) is 24.5 Å². The lowest BCUT2D eigenvalue weighted by Gasteiger charge is -2.24. The molecule has 0 saturated carbocycles. The smallest absolute Gasteiger partial charge is 0.212 e. The van der Waals surface area contributed by atoms with Crippen LogP contribution in [-0.2, 0) is 21.7 Å². The average molecular weight is 304 g/mol. The molecule has 108 valence electrons. The standard InChI is InChI=1S/C14H22ClNO2S/c1-4-6-12(2)16(3)19(17,18)11-14-8-5-7-13(9-14)10-15/h5,7-9,12H,4,6,10-11H2,1-3H3. The van der Waals surface area contributed by atoms with E-state index in [9.17, 15) is 8.42 Å². The molecule has 5 heteroatoms. The lowest BCUT2D eigenvalue weighted by Crippen LogP contribution is -2.35. The monoisotopic (exact) mass is 303 g/mol. The van der Waals surface area contributed by atoms with Crippen molar-refractivity contribution in [2.45, 2.75) is 44.4 Å². The van der Waals surface area contributed by atoms with Gasteiger partial charge in [0, 0.05) is 19.0 Å². The van der Waals surface area contributed by atoms with E-state index in [4.69, 9.17) is 11.6 Å². The van der Waals surface area contributed by atoms with Crippen molar-refractivity contribution >= 4 is 21.6 Å². The molecule has 1 aromatic carbocycles. The summed E-state index contributed by atoms with van der Waals surface area (Å²) in [6.45, 7) is 4.00. The first-order valence-electron chi connectivity index (χ1n) is 6.50. The lowest BCUT2D eigenvalue weighted by molar-refractivity contribution is 0.368. The first-order chi connectivity index (χ1) is 8.90. The molecule has 0 amide bonds. The van der Waals surface area contributed by atoms with Crippen LogP contribution in [0.25, 0.3) is 0 Å². The largest absolute Gasteiger partial charge is 0.218 e. The first kappa shape index (κ1) is 16.5. The number of hydrogen-bond donors (Lipinski definition) is 0. The minimum Gasteiger partial charge on any atom is -0.212 e. The number of benzene rings is 1. The SMILES string of the molecule is CCCC(C)N(C)S(=O)(=O)Cc1cccc(CCl)c1. The number of sulfonamides is 1. The summed E-state index contributed by atoms with van der Waals surface area (Å²) in [6.07, 6.45) is 1.85. The highest BCUT2D eigenvalue weighted by molar-refractivity contribution is 7.88. The Morgan fingerprint density at radius 2 is 1.95 bits per heavy atom. The maximum absolute atomic E-state index is 12.3. The van der Waals surface area contributed by atoms with Crippen molar-refractivity contribution in [3.63, 3.8) is 0 Å². The van der Waals surface area contributed by atoms with Gasteiger partial charge in [0.1, 0.15) is 0 Å². The third-order valence-electron chi connectivity index (χ3n) is 3.26. The topological polar surface area (TPSA) is 37.4 Å². The molecule has 1 aromatic rings. The van der Waals surface area contributed by atoms with Crippen LogP contribution >= 0.6 is 11.6 Å². The van der Waals surface area contributed by atoms with Gasteiger partial charge in [0.2, 0.25) is 10.0 Å². The van der Waals surface area contributed by atoms with E-state index in [0.29, 0.717) is 5.88 Å². The molecule has 0 N–H and O–H groups in total. The maximum atomic E-state index is 12.3. The van der Waals surface area contributed by atoms with Crippen molar-refractivity contribution in [1.29, 1.82) is 0 Å². The van der Waals surface area contributed by atoms with Crippen molar-refractivity contribution in [2.75, 3.05) is 7.05 Å². The van der Waals surface area contributed by atoms with Crippen LogP contribution < -0.4 is 0 Å². The molecule has 1 rings (SSSR count). The second kappa shape index (κ2) is 7.27. The predicted molar refractivity (Wildman–Crippen MR) is 80.8 cm³/mol. The average Bonchev–Trinajstić information content (AvgIpc) is 2.37. The zero-order valence-corrected chi connectivity index (χ0v) is 13.3. The molecule has 0 heterocycles. The molecule has 0 aromatic heterocycles. The third-order valence-corrected chi connectivity index (χ3v) is 5.50. The normalized spacial score (nSPS) is 13.7. The van der Waals surface area contributed by atoms with E-state index in [2.05, 4.69) is 6.92 Å². The minimum atomic E-state index is -3.27. The Morgan fingerprint density at radius 1 is 1.32 bits per heavy atom. The molecule has 0 aliphatic rings. The molecule has 0 bridgehead atoms. The second-order valence-electron chi connectivity index (χ2n) is 4.86. The van der Waals surface area contributed by atoms with Crippen molar-refractivity contribution in [3.05, 3.63) is 35.4 Å². The van der Waals surface area contributed by atoms with Crippen molar-refractivity contribution in [3.8, 4) is 0 Å². The number of alkyl halides is 1. The second-order valence-corrected chi connectivity index (χ2v) is 7.16. The first-order valence-corrected chi connectivity index (χ1v) is 8.64. The fourth-order valence-electron chi connectivity index (χ4n) is 1.99. The minimum absolute atomic E-state index is 0.0300. The molecular weight excluding hydrogens is 282 g/mol. The molecule has 0 aliphatic carbocycles. The van der Waals surface area contributed by atoms with Gasteiger partial charge in [-0.3, -0.25) is 0 Å². The Balaban J connectivity index is 2.83. The molecule has 1 atom stereocenters. The Morgan fingerprint density at radius 3 is 2.53 bits per heavy atom. The Bertz CT molecular complexity index is 502. The Kier molecular flexibility index (Phi) is 6.30. The fourth-order valence-corrected chi connectivity index (χ4v) is 3.61. The van der Waals surface area contributed by atoms with Crippen LogP contribution in [0.1, 0.15) is 37.8 Å². The van der Waals surface area contributed by atoms with E-state index in [1.165, 1.54) is 4.31 Å². The number of hydrogen-bond acceptors (Lipinski definition) is 2. The number of halogens is 1. The van der Waals surface area contributed by atoms with Crippen LogP contribution in [0, 0.1) is 0 Å². The Hall–Kier alpha value is -0.580. The van der Waals surface area contributed by atoms with E-state index in [-0.39, 0.29) is 11.8 Å². The Labute approximate surface area is 121 Å². The van der Waals surface area contributed by atoms with Gasteiger partial charge < -0.3 is 0 Å². The maximum Gasteiger partial charge on any atom is 0.218 e. The molecule has 1 unspecified atom stereocenters. The van der Waals surface area contributed by atoms with Crippen LogP contribution in [0.15, 0.2) is 24.3 Å². The predicted octanol–water partition coefficient (Wildman–Crippen LogP) is 3.38. The van der Waals surface area contributed by atoms with Gasteiger partial charge in [-0.2, -0.15) is 0 Å². The van der Waals surface area contributed by atoms with E-state index in [0.717, 1.165) is 24.0 Å². The lowest BCUT2D eigenvalue weighted by atomic mass is 10.2. The number of rotatable bonds is 7. The van der Waals surface area contributed by atoms with E-state index in [1.807, 2.05) is 31.2 Å². The summed E-state index contributed by atoms with van der Waals surface area (Å²) in [7, 11) is -1.62. The molecule has 0 spiro atoms. The van der Waals surface area contributed by atoms with E-state index in [1.54, 1.807) is 7.05 Å². The molecular formula is C14H22ClNO2S. The number of nitrogens with zero attached hydrogens (tertiary/aromatic N) is 1. The summed E-state index contributed by atoms with van der Waals surface area (Å²) >= 11 is 5.76.